The zero-order valence-electron chi connectivity index (χ0n) is 19.7. The van der Waals surface area contributed by atoms with Crippen LogP contribution in [0.4, 0.5) is 5.69 Å². The van der Waals surface area contributed by atoms with E-state index in [9.17, 15) is 14.9 Å². The maximum atomic E-state index is 11.0. The van der Waals surface area contributed by atoms with Crippen LogP contribution in [0.3, 0.4) is 0 Å². The second kappa shape index (κ2) is 11.2. The van der Waals surface area contributed by atoms with E-state index < -0.39 is 0 Å². The molecule has 8 heteroatoms. The number of ketones is 1. The van der Waals surface area contributed by atoms with Gasteiger partial charge in [0.1, 0.15) is 0 Å². The number of rotatable bonds is 3. The first-order chi connectivity index (χ1) is 16.2. The van der Waals surface area contributed by atoms with Gasteiger partial charge in [0.2, 0.25) is 0 Å². The van der Waals surface area contributed by atoms with Crippen LogP contribution in [0.25, 0.3) is 31.4 Å². The molecule has 2 aromatic heterocycles. The Morgan fingerprint density at radius 3 is 2.43 bits per heavy atom. The molecule has 0 bridgehead atoms. The van der Waals surface area contributed by atoms with E-state index >= 15 is 0 Å². The largest absolute Gasteiger partial charge is 0.512 e. The number of carbonyl (C=O) groups excluding carboxylic acids is 1. The second-order valence-electron chi connectivity index (χ2n) is 8.53. The van der Waals surface area contributed by atoms with Crippen molar-refractivity contribution in [2.75, 3.05) is 0 Å². The summed E-state index contributed by atoms with van der Waals surface area (Å²) in [6, 6.07) is 12.9. The van der Waals surface area contributed by atoms with Crippen LogP contribution in [0.1, 0.15) is 43.4 Å². The Bertz CT molecular complexity index is 1450. The van der Waals surface area contributed by atoms with Gasteiger partial charge in [0.15, 0.2) is 11.5 Å². The van der Waals surface area contributed by atoms with Gasteiger partial charge >= 0.3 is 0 Å². The third-order valence-electron chi connectivity index (χ3n) is 5.83. The zero-order chi connectivity index (χ0) is 24.4. The first-order valence-electron chi connectivity index (χ1n) is 11.1. The van der Waals surface area contributed by atoms with Gasteiger partial charge in [0.05, 0.1) is 5.76 Å². The zero-order valence-corrected chi connectivity index (χ0v) is 22.9. The quantitative estimate of drug-likeness (QED) is 0.0833. The molecule has 1 aliphatic carbocycles. The minimum absolute atomic E-state index is 0. The number of fused-ring (bicyclic) bond motifs is 4. The van der Waals surface area contributed by atoms with E-state index in [1.807, 2.05) is 13.1 Å². The van der Waals surface area contributed by atoms with E-state index in [1.165, 1.54) is 71.9 Å². The molecule has 5 rings (SSSR count). The first-order valence-corrected chi connectivity index (χ1v) is 11.9. The van der Waals surface area contributed by atoms with Crippen molar-refractivity contribution in [2.45, 2.75) is 46.5 Å². The third-order valence-corrected chi connectivity index (χ3v) is 7.01. The summed E-state index contributed by atoms with van der Waals surface area (Å²) in [5.41, 5.74) is 5.53. The van der Waals surface area contributed by atoms with Crippen LogP contribution in [0.2, 0.25) is 0 Å². The molecular formula is C27H25IrN2O4S-. The molecule has 183 valence electrons. The first kappa shape index (κ1) is 26.7. The number of pyridine rings is 1. The molecule has 2 aromatic carbocycles. The van der Waals surface area contributed by atoms with Gasteiger partial charge in [-0.05, 0) is 79.6 Å². The maximum Gasteiger partial charge on any atom is 0.190 e. The van der Waals surface area contributed by atoms with Crippen LogP contribution < -0.4 is 0 Å². The van der Waals surface area contributed by atoms with Crippen molar-refractivity contribution in [2.24, 2.45) is 0 Å². The molecule has 6 nitrogen and oxygen atoms in total. The predicted octanol–water partition coefficient (Wildman–Crippen LogP) is 7.05. The van der Waals surface area contributed by atoms with Crippen LogP contribution >= 0.6 is 11.3 Å². The number of benzene rings is 2. The number of nitro benzene ring substituents is 1. The fourth-order valence-electron chi connectivity index (χ4n) is 4.36. The van der Waals surface area contributed by atoms with Crippen molar-refractivity contribution in [1.29, 1.82) is 0 Å². The molecular weight excluding hydrogens is 641 g/mol. The summed E-state index contributed by atoms with van der Waals surface area (Å²) in [5, 5.41) is 21.9. The second-order valence-corrected chi connectivity index (χ2v) is 9.58. The fourth-order valence-corrected chi connectivity index (χ4v) is 5.60. The van der Waals surface area contributed by atoms with Crippen LogP contribution in [-0.4, -0.2) is 20.8 Å². The summed E-state index contributed by atoms with van der Waals surface area (Å²) in [5.74, 6) is -0.0625. The molecule has 1 N–H and O–H groups in total. The Labute approximate surface area is 221 Å². The molecule has 0 saturated heterocycles. The number of hydrogen-bond donors (Lipinski definition) is 1. The van der Waals surface area contributed by atoms with Gasteiger partial charge in [0, 0.05) is 52.4 Å². The molecule has 0 amide bonds. The number of aliphatic hydroxyl groups excluding tert-OH is 1. The number of allylic oxidation sites excluding steroid dienone is 2. The Hall–Kier alpha value is -2.93. The van der Waals surface area contributed by atoms with Gasteiger partial charge in [-0.3, -0.25) is 14.9 Å². The Morgan fingerprint density at radius 1 is 1.17 bits per heavy atom. The van der Waals surface area contributed by atoms with Gasteiger partial charge in [-0.2, -0.15) is 0 Å². The number of carbonyl (C=O) groups is 1. The molecule has 0 saturated carbocycles. The molecule has 0 unspecified atom stereocenters. The number of hydrogen-bond acceptors (Lipinski definition) is 6. The predicted molar refractivity (Wildman–Crippen MR) is 136 cm³/mol. The SMILES string of the molecule is CC(=O)/C=C(/C)O.Cc1cc([N+](=O)[O-])c[c-]c1-c1nccc2c1sc1cc3c(cc12)CCCC3.[Ir]. The average Bonchev–Trinajstić information content (AvgIpc) is 3.14. The standard InChI is InChI=1S/C22H17N2O2S.C5H8O2.Ir/c1-13-10-16(24(25)26)6-7-17(13)21-22-18(8-9-23-21)19-11-14-4-2-3-5-15(14)12-20(19)27-22;1-4(6)3-5(2)7;/h6,8-12H,2-5H2,1H3;3,6H,1-2H3;/q-1;;/b;4-3-;. The summed E-state index contributed by atoms with van der Waals surface area (Å²) < 4.78 is 2.42. The number of nitro groups is 1. The summed E-state index contributed by atoms with van der Waals surface area (Å²) in [7, 11) is 0. The normalized spacial score (nSPS) is 12.9. The van der Waals surface area contributed by atoms with E-state index in [0.29, 0.717) is 0 Å². The Kier molecular flexibility index (Phi) is 8.54. The maximum absolute atomic E-state index is 11.0. The molecule has 1 aliphatic rings. The van der Waals surface area contributed by atoms with Crippen molar-refractivity contribution in [3.8, 4) is 11.3 Å². The molecule has 0 aliphatic heterocycles. The van der Waals surface area contributed by atoms with Crippen molar-refractivity contribution in [3.63, 3.8) is 0 Å². The van der Waals surface area contributed by atoms with Crippen molar-refractivity contribution in [1.82, 2.24) is 4.98 Å². The molecule has 35 heavy (non-hydrogen) atoms. The van der Waals surface area contributed by atoms with Gasteiger partial charge in [-0.15, -0.1) is 28.5 Å². The average molecular weight is 666 g/mol. The smallest absolute Gasteiger partial charge is 0.190 e. The van der Waals surface area contributed by atoms with E-state index in [2.05, 4.69) is 29.2 Å². The van der Waals surface area contributed by atoms with E-state index in [-0.39, 0.29) is 42.3 Å². The molecule has 0 spiro atoms. The summed E-state index contributed by atoms with van der Waals surface area (Å²) in [6.07, 6.45) is 7.87. The monoisotopic (exact) mass is 666 g/mol. The number of thiophene rings is 1. The van der Waals surface area contributed by atoms with Crippen LogP contribution in [-0.2, 0) is 37.7 Å². The minimum atomic E-state index is -0.384. The number of nitrogens with zero attached hydrogens (tertiary/aromatic N) is 2. The summed E-state index contributed by atoms with van der Waals surface area (Å²) in [4.78, 5) is 25.3. The summed E-state index contributed by atoms with van der Waals surface area (Å²) >= 11 is 1.76. The van der Waals surface area contributed by atoms with Crippen molar-refractivity contribution < 1.29 is 34.9 Å². The van der Waals surface area contributed by atoms with Gasteiger partial charge in [0.25, 0.3) is 0 Å². The number of aliphatic hydroxyl groups is 1. The van der Waals surface area contributed by atoms with Crippen LogP contribution in [0.15, 0.2) is 48.4 Å². The van der Waals surface area contributed by atoms with Crippen LogP contribution in [0.5, 0.6) is 0 Å². The molecule has 4 aromatic rings. The molecule has 0 fully saturated rings. The van der Waals surface area contributed by atoms with E-state index in [4.69, 9.17) is 5.11 Å². The van der Waals surface area contributed by atoms with Gasteiger partial charge in [-0.25, -0.2) is 0 Å². The minimum Gasteiger partial charge on any atom is -0.512 e. The topological polar surface area (TPSA) is 93.3 Å². The Balaban J connectivity index is 0.000000378. The van der Waals surface area contributed by atoms with E-state index in [0.717, 1.165) is 27.9 Å². The molecule has 0 atom stereocenters. The summed E-state index contributed by atoms with van der Waals surface area (Å²) in [6.45, 7) is 4.73. The number of aromatic nitrogens is 1. The van der Waals surface area contributed by atoms with Gasteiger partial charge in [-0.1, -0.05) is 19.1 Å². The molecule has 1 radical (unpaired) electrons. The van der Waals surface area contributed by atoms with Crippen LogP contribution in [0, 0.1) is 23.1 Å². The number of aryl methyl sites for hydroxylation is 3. The van der Waals surface area contributed by atoms with Gasteiger partial charge < -0.3 is 10.1 Å². The molecule has 2 heterocycles. The van der Waals surface area contributed by atoms with Crippen molar-refractivity contribution >= 4 is 43.0 Å². The number of non-ortho nitro benzene ring substituents is 1. The third kappa shape index (κ3) is 5.84. The fraction of sp³-hybridized carbons (Fsp3) is 0.259. The van der Waals surface area contributed by atoms with E-state index in [1.54, 1.807) is 17.4 Å². The van der Waals surface area contributed by atoms with Crippen molar-refractivity contribution in [3.05, 3.63) is 81.2 Å². The Morgan fingerprint density at radius 2 is 1.86 bits per heavy atom.